The van der Waals surface area contributed by atoms with Crippen molar-refractivity contribution in [1.29, 1.82) is 0 Å². The molecule has 36 heavy (non-hydrogen) atoms. The van der Waals surface area contributed by atoms with Crippen molar-refractivity contribution in [3.8, 4) is 17.2 Å². The van der Waals surface area contributed by atoms with Crippen molar-refractivity contribution in [3.05, 3.63) is 18.2 Å². The van der Waals surface area contributed by atoms with Crippen molar-refractivity contribution < 1.29 is 68.6 Å². The third-order valence-corrected chi connectivity index (χ3v) is 5.61. The molecule has 14 nitrogen and oxygen atoms in total. The summed E-state index contributed by atoms with van der Waals surface area (Å²) in [5.74, 6) is -2.60. The van der Waals surface area contributed by atoms with Gasteiger partial charge in [0.25, 0.3) is 0 Å². The largest absolute Gasteiger partial charge is 0.504 e. The number of aliphatic hydroxyl groups excluding tert-OH is 4. The Kier molecular flexibility index (Phi) is 9.30. The van der Waals surface area contributed by atoms with Crippen LogP contribution in [0.2, 0.25) is 0 Å². The maximum Gasteiger partial charge on any atom is 0.303 e. The quantitative estimate of drug-likeness (QED) is 0.167. The van der Waals surface area contributed by atoms with Crippen molar-refractivity contribution in [2.24, 2.45) is 0 Å². The molecule has 1 aromatic carbocycles. The van der Waals surface area contributed by atoms with Gasteiger partial charge in [0, 0.05) is 20.3 Å². The first-order chi connectivity index (χ1) is 17.0. The Morgan fingerprint density at radius 1 is 1.00 bits per heavy atom. The number of phenolic OH excluding ortho intramolecular Hbond substituents is 2. The summed E-state index contributed by atoms with van der Waals surface area (Å²) < 4.78 is 32.7. The van der Waals surface area contributed by atoms with Crippen LogP contribution in [0.4, 0.5) is 0 Å². The van der Waals surface area contributed by atoms with Crippen LogP contribution in [0.25, 0.3) is 0 Å². The van der Waals surface area contributed by atoms with Gasteiger partial charge in [-0.2, -0.15) is 0 Å². The monoisotopic (exact) mass is 518 g/mol. The van der Waals surface area contributed by atoms with Crippen molar-refractivity contribution in [1.82, 2.24) is 0 Å². The molecule has 3 rings (SSSR count). The molecule has 14 heteroatoms. The van der Waals surface area contributed by atoms with Crippen LogP contribution in [0, 0.1) is 0 Å². The number of hydrogen-bond acceptors (Lipinski definition) is 14. The molecule has 2 fully saturated rings. The molecular weight excluding hydrogens is 488 g/mol. The van der Waals surface area contributed by atoms with Crippen molar-refractivity contribution in [2.45, 2.75) is 75.6 Å². The van der Waals surface area contributed by atoms with E-state index in [2.05, 4.69) is 0 Å². The van der Waals surface area contributed by atoms with E-state index in [4.69, 9.17) is 28.4 Å². The van der Waals surface area contributed by atoms with E-state index in [0.29, 0.717) is 0 Å². The Morgan fingerprint density at radius 3 is 2.36 bits per heavy atom. The molecule has 9 atom stereocenters. The first kappa shape index (κ1) is 27.9. The van der Waals surface area contributed by atoms with Gasteiger partial charge in [-0.3, -0.25) is 9.59 Å². The van der Waals surface area contributed by atoms with E-state index in [1.165, 1.54) is 18.2 Å². The molecule has 0 spiro atoms. The van der Waals surface area contributed by atoms with Gasteiger partial charge in [0.1, 0.15) is 37.1 Å². The molecule has 0 radical (unpaired) electrons. The summed E-state index contributed by atoms with van der Waals surface area (Å²) in [5, 5.41) is 60.6. The second-order valence-corrected chi connectivity index (χ2v) is 8.33. The number of aromatic hydroxyl groups is 2. The first-order valence-corrected chi connectivity index (χ1v) is 11.1. The molecule has 202 valence electrons. The third kappa shape index (κ3) is 6.53. The van der Waals surface area contributed by atoms with Crippen LogP contribution >= 0.6 is 0 Å². The highest BCUT2D eigenvalue weighted by Gasteiger charge is 2.50. The number of aliphatic hydroxyl groups is 4. The second-order valence-electron chi connectivity index (χ2n) is 8.33. The summed E-state index contributed by atoms with van der Waals surface area (Å²) in [7, 11) is 0. The first-order valence-electron chi connectivity index (χ1n) is 11.1. The fraction of sp³-hybridized carbons (Fsp3) is 0.636. The van der Waals surface area contributed by atoms with Gasteiger partial charge in [-0.15, -0.1) is 0 Å². The van der Waals surface area contributed by atoms with Gasteiger partial charge in [-0.05, 0) is 12.1 Å². The zero-order valence-corrected chi connectivity index (χ0v) is 19.5. The lowest BCUT2D eigenvalue weighted by atomic mass is 9.97. The summed E-state index contributed by atoms with van der Waals surface area (Å²) in [4.78, 5) is 23.0. The Bertz CT molecular complexity index is 909. The zero-order valence-electron chi connectivity index (χ0n) is 19.5. The Balaban J connectivity index is 1.81. The normalized spacial score (nSPS) is 34.6. The van der Waals surface area contributed by atoms with Crippen molar-refractivity contribution in [3.63, 3.8) is 0 Å². The Hall–Kier alpha value is -2.72. The smallest absolute Gasteiger partial charge is 0.303 e. The molecule has 0 unspecified atom stereocenters. The molecular formula is C22H30O14. The molecule has 0 bridgehead atoms. The molecule has 2 heterocycles. The van der Waals surface area contributed by atoms with Gasteiger partial charge in [0.2, 0.25) is 12.0 Å². The number of rotatable bonds is 8. The molecule has 0 saturated carbocycles. The predicted molar refractivity (Wildman–Crippen MR) is 115 cm³/mol. The fourth-order valence-electron chi connectivity index (χ4n) is 3.88. The Labute approximate surface area is 205 Å². The summed E-state index contributed by atoms with van der Waals surface area (Å²) in [5.41, 5.74) is 0. The number of para-hydroxylation sites is 1. The molecule has 2 aliphatic rings. The van der Waals surface area contributed by atoms with Crippen LogP contribution in [-0.4, -0.2) is 111 Å². The van der Waals surface area contributed by atoms with Gasteiger partial charge in [0.05, 0.1) is 12.7 Å². The lowest BCUT2D eigenvalue weighted by Crippen LogP contribution is -2.63. The van der Waals surface area contributed by atoms with E-state index >= 15 is 0 Å². The van der Waals surface area contributed by atoms with Gasteiger partial charge >= 0.3 is 11.9 Å². The maximum atomic E-state index is 11.6. The molecule has 0 aliphatic carbocycles. The van der Waals surface area contributed by atoms with Crippen LogP contribution in [0.1, 0.15) is 20.3 Å². The van der Waals surface area contributed by atoms with Crippen LogP contribution in [0.3, 0.4) is 0 Å². The number of phenols is 2. The third-order valence-electron chi connectivity index (χ3n) is 5.61. The number of ether oxygens (including phenoxy) is 6. The number of esters is 2. The van der Waals surface area contributed by atoms with E-state index in [-0.39, 0.29) is 12.2 Å². The topological polar surface area (TPSA) is 211 Å². The Morgan fingerprint density at radius 2 is 1.72 bits per heavy atom. The van der Waals surface area contributed by atoms with E-state index in [0.717, 1.165) is 13.8 Å². The molecule has 2 aliphatic heterocycles. The number of hydrogen-bond donors (Lipinski definition) is 6. The van der Waals surface area contributed by atoms with E-state index in [1.807, 2.05) is 0 Å². The maximum absolute atomic E-state index is 11.6. The summed E-state index contributed by atoms with van der Waals surface area (Å²) in [6, 6.07) is 4.01. The average Bonchev–Trinajstić information content (AvgIpc) is 2.81. The SMILES string of the molecule is CC(=O)OC[C@H]1O[C@@H](Oc2cccc(O)c2O)C[C@@H](O)[C@@H]1O[C@@H]1O[C@H](CO)[C@H](O)[C@H](O)[C@H]1OC(C)=O. The molecule has 2 saturated heterocycles. The predicted octanol–water partition coefficient (Wildman–Crippen LogP) is -1.73. The highest BCUT2D eigenvalue weighted by molar-refractivity contribution is 5.66. The number of carbonyl (C=O) groups excluding carboxylic acids is 2. The lowest BCUT2D eigenvalue weighted by molar-refractivity contribution is -0.341. The van der Waals surface area contributed by atoms with E-state index in [1.54, 1.807) is 0 Å². The average molecular weight is 518 g/mol. The second kappa shape index (κ2) is 12.0. The molecule has 1 aromatic rings. The van der Waals surface area contributed by atoms with Gasteiger partial charge in [-0.25, -0.2) is 0 Å². The molecule has 0 aromatic heterocycles. The van der Waals surface area contributed by atoms with Crippen molar-refractivity contribution in [2.75, 3.05) is 13.2 Å². The minimum Gasteiger partial charge on any atom is -0.504 e. The number of carbonyl (C=O) groups is 2. The summed E-state index contributed by atoms with van der Waals surface area (Å²) in [6.07, 6.45) is -12.9. The van der Waals surface area contributed by atoms with Crippen LogP contribution < -0.4 is 4.74 Å². The standard InChI is InChI=1S/C22H30O14/c1-9(24)31-8-15-20(12(27)6-16(34-15)33-13-5-3-4-11(26)17(13)28)36-22-21(32-10(2)25)19(30)18(29)14(7-23)35-22/h3-5,12,14-16,18-23,26-30H,6-8H2,1-2H3/t12-,14-,15-,16-,18+,19+,20+,21-,22+/m1/s1. The highest BCUT2D eigenvalue weighted by Crippen LogP contribution is 2.37. The van der Waals surface area contributed by atoms with Crippen molar-refractivity contribution >= 4 is 11.9 Å². The zero-order chi connectivity index (χ0) is 26.6. The van der Waals surface area contributed by atoms with Gasteiger partial charge in [-0.1, -0.05) is 6.07 Å². The van der Waals surface area contributed by atoms with E-state index in [9.17, 15) is 40.2 Å². The molecule has 6 N–H and O–H groups in total. The summed E-state index contributed by atoms with van der Waals surface area (Å²) in [6.45, 7) is 1.10. The van der Waals surface area contributed by atoms with Crippen LogP contribution in [0.15, 0.2) is 18.2 Å². The van der Waals surface area contributed by atoms with E-state index < -0.39 is 92.0 Å². The van der Waals surface area contributed by atoms with Crippen LogP contribution in [-0.2, 0) is 33.3 Å². The lowest BCUT2D eigenvalue weighted by Gasteiger charge is -2.45. The highest BCUT2D eigenvalue weighted by atomic mass is 16.7. The summed E-state index contributed by atoms with van der Waals surface area (Å²) >= 11 is 0. The van der Waals surface area contributed by atoms with Gasteiger partial charge < -0.3 is 59.1 Å². The van der Waals surface area contributed by atoms with Crippen LogP contribution in [0.5, 0.6) is 17.2 Å². The fourth-order valence-corrected chi connectivity index (χ4v) is 3.88. The molecule has 0 amide bonds. The minimum atomic E-state index is -1.69. The number of benzene rings is 1. The minimum absolute atomic E-state index is 0.133. The van der Waals surface area contributed by atoms with Gasteiger partial charge in [0.15, 0.2) is 23.9 Å².